The number of carbonyl (C=O) groups is 1. The minimum absolute atomic E-state index is 0.0415. The largest absolute Gasteiger partial charge is 0.481 e. The summed E-state index contributed by atoms with van der Waals surface area (Å²) in [6, 6.07) is 0. The summed E-state index contributed by atoms with van der Waals surface area (Å²) >= 11 is 0. The third-order valence-electron chi connectivity index (χ3n) is 3.86. The van der Waals surface area contributed by atoms with Gasteiger partial charge < -0.3 is 10.0 Å². The number of alkyl halides is 2. The second-order valence-electron chi connectivity index (χ2n) is 5.05. The highest BCUT2D eigenvalue weighted by Gasteiger charge is 2.66. The lowest BCUT2D eigenvalue weighted by Crippen LogP contribution is -2.69. The third-order valence-corrected chi connectivity index (χ3v) is 3.86. The summed E-state index contributed by atoms with van der Waals surface area (Å²) in [6.07, 6.45) is 2.28. The van der Waals surface area contributed by atoms with Crippen LogP contribution in [0, 0.1) is 5.41 Å². The quantitative estimate of drug-likeness (QED) is 0.738. The van der Waals surface area contributed by atoms with Gasteiger partial charge in [-0.1, -0.05) is 0 Å². The molecule has 0 aromatic carbocycles. The molecule has 0 aromatic rings. The van der Waals surface area contributed by atoms with E-state index in [1.807, 2.05) is 4.90 Å². The number of rotatable bonds is 5. The first-order valence-electron chi connectivity index (χ1n) is 5.77. The van der Waals surface area contributed by atoms with Gasteiger partial charge in [0.25, 0.3) is 5.92 Å². The van der Waals surface area contributed by atoms with E-state index in [9.17, 15) is 13.6 Å². The Morgan fingerprint density at radius 1 is 1.25 bits per heavy atom. The maximum absolute atomic E-state index is 13.2. The fourth-order valence-electron chi connectivity index (χ4n) is 2.64. The van der Waals surface area contributed by atoms with Crippen molar-refractivity contribution in [2.24, 2.45) is 5.41 Å². The van der Waals surface area contributed by atoms with Gasteiger partial charge in [0.05, 0.1) is 5.41 Å². The lowest BCUT2D eigenvalue weighted by atomic mass is 9.60. The van der Waals surface area contributed by atoms with Crippen molar-refractivity contribution < 1.29 is 18.7 Å². The molecule has 1 saturated carbocycles. The van der Waals surface area contributed by atoms with Crippen LogP contribution < -0.4 is 0 Å². The topological polar surface area (TPSA) is 40.5 Å². The van der Waals surface area contributed by atoms with Gasteiger partial charge >= 0.3 is 5.97 Å². The summed E-state index contributed by atoms with van der Waals surface area (Å²) in [5, 5.41) is 8.44. The normalized spacial score (nSPS) is 26.1. The summed E-state index contributed by atoms with van der Waals surface area (Å²) in [5.74, 6) is -3.24. The third kappa shape index (κ3) is 1.93. The van der Waals surface area contributed by atoms with Gasteiger partial charge in [0.1, 0.15) is 0 Å². The predicted molar refractivity (Wildman–Crippen MR) is 54.5 cm³/mol. The summed E-state index contributed by atoms with van der Waals surface area (Å²) in [5.41, 5.74) is -0.722. The number of halogens is 2. The maximum atomic E-state index is 13.2. The zero-order chi connectivity index (χ0) is 11.8. The van der Waals surface area contributed by atoms with Crippen LogP contribution in [0.15, 0.2) is 0 Å². The highest BCUT2D eigenvalue weighted by atomic mass is 19.3. The smallest absolute Gasteiger partial charge is 0.303 e. The molecule has 2 aliphatic rings. The standard InChI is InChI=1S/C11H17F2NO2/c12-11(13)5-4-10(11)7-14(8-10)6-2-1-3-9(15)16/h1-8H2,(H,15,16). The van der Waals surface area contributed by atoms with Gasteiger partial charge in [-0.2, -0.15) is 0 Å². The van der Waals surface area contributed by atoms with E-state index >= 15 is 0 Å². The second-order valence-corrected chi connectivity index (χ2v) is 5.05. The molecule has 5 heteroatoms. The monoisotopic (exact) mass is 233 g/mol. The molecule has 16 heavy (non-hydrogen) atoms. The predicted octanol–water partition coefficient (Wildman–Crippen LogP) is 1.97. The Labute approximate surface area is 93.4 Å². The fraction of sp³-hybridized carbons (Fsp3) is 0.909. The highest BCUT2D eigenvalue weighted by molar-refractivity contribution is 5.66. The van der Waals surface area contributed by atoms with E-state index in [1.165, 1.54) is 0 Å². The first-order chi connectivity index (χ1) is 7.45. The first kappa shape index (κ1) is 11.8. The molecule has 0 bridgehead atoms. The van der Waals surface area contributed by atoms with Crippen LogP contribution >= 0.6 is 0 Å². The Bertz CT molecular complexity index is 288. The van der Waals surface area contributed by atoms with Gasteiger partial charge in [-0.3, -0.25) is 4.79 Å². The van der Waals surface area contributed by atoms with Gasteiger partial charge in [0.15, 0.2) is 0 Å². The molecule has 2 rings (SSSR count). The van der Waals surface area contributed by atoms with Crippen molar-refractivity contribution >= 4 is 5.97 Å². The average Bonchev–Trinajstić information content (AvgIpc) is 2.12. The first-order valence-corrected chi connectivity index (χ1v) is 5.77. The fourth-order valence-corrected chi connectivity index (χ4v) is 2.64. The molecular formula is C11H17F2NO2. The molecule has 1 saturated heterocycles. The minimum Gasteiger partial charge on any atom is -0.481 e. The Morgan fingerprint density at radius 2 is 1.94 bits per heavy atom. The second kappa shape index (κ2) is 3.95. The molecule has 3 nitrogen and oxygen atoms in total. The van der Waals surface area contributed by atoms with Crippen LogP contribution in [0.2, 0.25) is 0 Å². The summed E-state index contributed by atoms with van der Waals surface area (Å²) in [6.45, 7) is 1.74. The average molecular weight is 233 g/mol. The van der Waals surface area contributed by atoms with E-state index in [0.717, 1.165) is 13.0 Å². The zero-order valence-electron chi connectivity index (χ0n) is 9.22. The number of unbranched alkanes of at least 4 members (excludes halogenated alkanes) is 1. The lowest BCUT2D eigenvalue weighted by molar-refractivity contribution is -0.258. The SMILES string of the molecule is O=C(O)CCCCN1CC2(CCC2(F)F)C1. The molecule has 0 atom stereocenters. The Morgan fingerprint density at radius 3 is 2.38 bits per heavy atom. The molecule has 1 spiro atoms. The van der Waals surface area contributed by atoms with Crippen molar-refractivity contribution in [1.82, 2.24) is 4.90 Å². The molecular weight excluding hydrogens is 216 g/mol. The van der Waals surface area contributed by atoms with Crippen molar-refractivity contribution in [3.63, 3.8) is 0 Å². The van der Waals surface area contributed by atoms with E-state index in [0.29, 0.717) is 25.9 Å². The van der Waals surface area contributed by atoms with Crippen LogP contribution in [0.25, 0.3) is 0 Å². The number of aliphatic carboxylic acids is 1. The van der Waals surface area contributed by atoms with E-state index < -0.39 is 17.3 Å². The maximum Gasteiger partial charge on any atom is 0.303 e. The van der Waals surface area contributed by atoms with Gasteiger partial charge in [0.2, 0.25) is 0 Å². The Balaban J connectivity index is 1.61. The minimum atomic E-state index is -2.45. The van der Waals surface area contributed by atoms with Gasteiger partial charge in [-0.05, 0) is 25.8 Å². The molecule has 1 aliphatic carbocycles. The van der Waals surface area contributed by atoms with Gasteiger partial charge in [0, 0.05) is 25.9 Å². The molecule has 92 valence electrons. The van der Waals surface area contributed by atoms with Crippen molar-refractivity contribution in [3.8, 4) is 0 Å². The molecule has 0 radical (unpaired) electrons. The molecule has 1 heterocycles. The van der Waals surface area contributed by atoms with E-state index in [4.69, 9.17) is 5.11 Å². The van der Waals surface area contributed by atoms with E-state index in [2.05, 4.69) is 0 Å². The van der Waals surface area contributed by atoms with Gasteiger partial charge in [-0.15, -0.1) is 0 Å². The number of hydrogen-bond acceptors (Lipinski definition) is 2. The van der Waals surface area contributed by atoms with Crippen molar-refractivity contribution in [3.05, 3.63) is 0 Å². The molecule has 1 aliphatic heterocycles. The number of carboxylic acid groups (broad SMARTS) is 1. The number of likely N-dealkylation sites (tertiary alicyclic amines) is 1. The van der Waals surface area contributed by atoms with E-state index in [1.54, 1.807) is 0 Å². The highest BCUT2D eigenvalue weighted by Crippen LogP contribution is 2.58. The summed E-state index contributed by atoms with van der Waals surface area (Å²) in [7, 11) is 0. The van der Waals surface area contributed by atoms with Crippen LogP contribution in [0.5, 0.6) is 0 Å². The van der Waals surface area contributed by atoms with Crippen LogP contribution in [-0.2, 0) is 4.79 Å². The Hall–Kier alpha value is -0.710. The molecule has 0 amide bonds. The van der Waals surface area contributed by atoms with Crippen molar-refractivity contribution in [1.29, 1.82) is 0 Å². The van der Waals surface area contributed by atoms with E-state index in [-0.39, 0.29) is 12.8 Å². The molecule has 0 unspecified atom stereocenters. The molecule has 0 aromatic heterocycles. The van der Waals surface area contributed by atoms with Crippen molar-refractivity contribution in [2.75, 3.05) is 19.6 Å². The molecule has 1 N–H and O–H groups in total. The van der Waals surface area contributed by atoms with Crippen LogP contribution in [-0.4, -0.2) is 41.5 Å². The zero-order valence-corrected chi connectivity index (χ0v) is 9.22. The summed E-state index contributed by atoms with van der Waals surface area (Å²) in [4.78, 5) is 12.3. The Kier molecular flexibility index (Phi) is 2.90. The summed E-state index contributed by atoms with van der Waals surface area (Å²) < 4.78 is 26.4. The number of nitrogens with zero attached hydrogens (tertiary/aromatic N) is 1. The van der Waals surface area contributed by atoms with Gasteiger partial charge in [-0.25, -0.2) is 8.78 Å². The van der Waals surface area contributed by atoms with Crippen LogP contribution in [0.1, 0.15) is 32.1 Å². The van der Waals surface area contributed by atoms with Crippen molar-refractivity contribution in [2.45, 2.75) is 38.0 Å². The van der Waals surface area contributed by atoms with Crippen LogP contribution in [0.3, 0.4) is 0 Å². The van der Waals surface area contributed by atoms with Crippen LogP contribution in [0.4, 0.5) is 8.78 Å². The lowest BCUT2D eigenvalue weighted by Gasteiger charge is -2.60. The number of hydrogen-bond donors (Lipinski definition) is 1. The molecule has 2 fully saturated rings. The number of carboxylic acids is 1.